The first-order valence-electron chi connectivity index (χ1n) is 9.00. The Morgan fingerprint density at radius 3 is 2.11 bits per heavy atom. The minimum atomic E-state index is -3.38. The fourth-order valence-electron chi connectivity index (χ4n) is 3.66. The Bertz CT molecular complexity index is 770. The van der Waals surface area contributed by atoms with Crippen molar-refractivity contribution in [1.82, 2.24) is 9.21 Å². The molecule has 0 aromatic heterocycles. The number of nitrogens with two attached hydrogens (primary N) is 1. The number of benzene rings is 1. The van der Waals surface area contributed by atoms with E-state index in [1.165, 1.54) is 4.31 Å². The van der Waals surface area contributed by atoms with Crippen molar-refractivity contribution in [2.24, 2.45) is 11.7 Å². The van der Waals surface area contributed by atoms with Crippen LogP contribution in [0.15, 0.2) is 24.3 Å². The number of amides is 2. The van der Waals surface area contributed by atoms with Crippen molar-refractivity contribution in [1.29, 1.82) is 0 Å². The normalized spacial score (nSPS) is 19.7. The number of sulfonamides is 1. The second-order valence-electron chi connectivity index (χ2n) is 7.07. The highest BCUT2D eigenvalue weighted by molar-refractivity contribution is 7.89. The van der Waals surface area contributed by atoms with Crippen LogP contribution in [0.2, 0.25) is 0 Å². The lowest BCUT2D eigenvalue weighted by atomic mass is 9.92. The van der Waals surface area contributed by atoms with Crippen LogP contribution in [-0.4, -0.2) is 60.9 Å². The number of hydrogen-bond donors (Lipinski definition) is 1. The van der Waals surface area contributed by atoms with E-state index in [1.807, 2.05) is 6.92 Å². The Morgan fingerprint density at radius 2 is 1.63 bits per heavy atom. The highest BCUT2D eigenvalue weighted by Gasteiger charge is 2.35. The molecular weight excluding hydrogens is 390 g/mol. The number of carbonyl (C=O) groups is 2. The summed E-state index contributed by atoms with van der Waals surface area (Å²) in [5, 5.41) is 0. The van der Waals surface area contributed by atoms with E-state index in [0.29, 0.717) is 30.1 Å². The third-order valence-electron chi connectivity index (χ3n) is 5.30. The third-order valence-corrected chi connectivity index (χ3v) is 7.25. The fraction of sp³-hybridized carbons (Fsp3) is 0.556. The van der Waals surface area contributed by atoms with Crippen LogP contribution in [0.5, 0.6) is 0 Å². The molecule has 1 atom stereocenters. The van der Waals surface area contributed by atoms with Crippen molar-refractivity contribution >= 4 is 34.2 Å². The summed E-state index contributed by atoms with van der Waals surface area (Å²) in [6.07, 6.45) is 1.78. The summed E-state index contributed by atoms with van der Waals surface area (Å²) < 4.78 is 26.6. The predicted molar refractivity (Wildman–Crippen MR) is 105 cm³/mol. The van der Waals surface area contributed by atoms with Crippen molar-refractivity contribution in [2.45, 2.75) is 32.2 Å². The Morgan fingerprint density at radius 1 is 1.11 bits per heavy atom. The lowest BCUT2D eigenvalue weighted by Gasteiger charge is -2.33. The van der Waals surface area contributed by atoms with Crippen LogP contribution in [-0.2, 0) is 10.0 Å². The number of imide groups is 1. The summed E-state index contributed by atoms with van der Waals surface area (Å²) in [7, 11) is -3.38. The summed E-state index contributed by atoms with van der Waals surface area (Å²) in [5.41, 5.74) is 6.67. The van der Waals surface area contributed by atoms with Gasteiger partial charge in [-0.1, -0.05) is 12.1 Å². The van der Waals surface area contributed by atoms with Gasteiger partial charge in [-0.25, -0.2) is 12.7 Å². The molecule has 3 rings (SSSR count). The van der Waals surface area contributed by atoms with E-state index < -0.39 is 10.0 Å². The van der Waals surface area contributed by atoms with Gasteiger partial charge >= 0.3 is 0 Å². The van der Waals surface area contributed by atoms with Gasteiger partial charge < -0.3 is 5.73 Å². The van der Waals surface area contributed by atoms with Crippen LogP contribution in [0.25, 0.3) is 0 Å². The molecule has 1 fully saturated rings. The average Bonchev–Trinajstić information content (AvgIpc) is 2.87. The second-order valence-corrected chi connectivity index (χ2v) is 9.16. The van der Waals surface area contributed by atoms with Crippen molar-refractivity contribution < 1.29 is 18.0 Å². The van der Waals surface area contributed by atoms with Gasteiger partial charge in [0.1, 0.15) is 0 Å². The molecule has 0 bridgehead atoms. The Labute approximate surface area is 166 Å². The summed E-state index contributed by atoms with van der Waals surface area (Å²) in [6, 6.07) is 6.74. The van der Waals surface area contributed by atoms with Gasteiger partial charge in [0.25, 0.3) is 11.8 Å². The Kier molecular flexibility index (Phi) is 7.02. The number of fused-ring (bicyclic) bond motifs is 1. The van der Waals surface area contributed by atoms with Crippen molar-refractivity contribution in [3.63, 3.8) is 0 Å². The molecule has 1 aromatic carbocycles. The molecule has 0 radical (unpaired) electrons. The summed E-state index contributed by atoms with van der Waals surface area (Å²) in [6.45, 7) is 3.04. The molecule has 0 spiro atoms. The number of nitrogens with zero attached hydrogens (tertiary/aromatic N) is 2. The maximum atomic E-state index is 12.5. The van der Waals surface area contributed by atoms with E-state index in [9.17, 15) is 18.0 Å². The van der Waals surface area contributed by atoms with Crippen molar-refractivity contribution in [2.75, 3.05) is 25.4 Å². The minimum absolute atomic E-state index is 0. The first-order valence-corrected chi connectivity index (χ1v) is 10.6. The molecule has 1 saturated heterocycles. The van der Waals surface area contributed by atoms with Gasteiger partial charge in [0.05, 0.1) is 16.9 Å². The van der Waals surface area contributed by atoms with E-state index in [0.717, 1.165) is 17.7 Å². The molecule has 150 valence electrons. The molecule has 2 aliphatic heterocycles. The average molecular weight is 416 g/mol. The van der Waals surface area contributed by atoms with Crippen LogP contribution in [0.1, 0.15) is 46.9 Å². The predicted octanol–water partition coefficient (Wildman–Crippen LogP) is 1.48. The number of carbonyl (C=O) groups excluding carboxylic acids is 2. The molecular formula is C18H26ClN3O4S. The smallest absolute Gasteiger partial charge is 0.261 e. The van der Waals surface area contributed by atoms with Crippen LogP contribution >= 0.6 is 12.4 Å². The molecule has 1 unspecified atom stereocenters. The van der Waals surface area contributed by atoms with Crippen molar-refractivity contribution in [3.05, 3.63) is 35.4 Å². The van der Waals surface area contributed by atoms with Gasteiger partial charge in [0.15, 0.2) is 0 Å². The Hall–Kier alpha value is -1.48. The maximum absolute atomic E-state index is 12.5. The van der Waals surface area contributed by atoms with E-state index in [2.05, 4.69) is 0 Å². The first-order chi connectivity index (χ1) is 12.3. The lowest BCUT2D eigenvalue weighted by molar-refractivity contribution is 0.0654. The van der Waals surface area contributed by atoms with Gasteiger partial charge in [-0.15, -0.1) is 12.4 Å². The van der Waals surface area contributed by atoms with Gasteiger partial charge in [-0.2, -0.15) is 0 Å². The molecule has 7 nitrogen and oxygen atoms in total. The number of hydrogen-bond acceptors (Lipinski definition) is 5. The quantitative estimate of drug-likeness (QED) is 0.709. The second kappa shape index (κ2) is 8.68. The molecule has 0 saturated carbocycles. The molecule has 27 heavy (non-hydrogen) atoms. The lowest BCUT2D eigenvalue weighted by Crippen LogP contribution is -2.43. The number of rotatable bonds is 6. The molecule has 2 amide bonds. The van der Waals surface area contributed by atoms with E-state index >= 15 is 0 Å². The van der Waals surface area contributed by atoms with Crippen LogP contribution in [0.4, 0.5) is 0 Å². The Balaban J connectivity index is 0.00000261. The van der Waals surface area contributed by atoms with Crippen LogP contribution in [0, 0.1) is 5.92 Å². The zero-order valence-corrected chi connectivity index (χ0v) is 17.0. The molecule has 2 aliphatic rings. The third kappa shape index (κ3) is 4.51. The SMILES string of the molecule is CC(N)C1CCN(S(=O)(=O)CCCN2C(=O)c3ccccc3C2=O)CC1.Cl. The minimum Gasteiger partial charge on any atom is -0.328 e. The van der Waals surface area contributed by atoms with Gasteiger partial charge in [-0.05, 0) is 44.2 Å². The van der Waals surface area contributed by atoms with E-state index in [-0.39, 0.29) is 49.0 Å². The first kappa shape index (κ1) is 21.8. The van der Waals surface area contributed by atoms with E-state index in [1.54, 1.807) is 24.3 Å². The highest BCUT2D eigenvalue weighted by atomic mass is 35.5. The summed E-state index contributed by atoms with van der Waals surface area (Å²) in [4.78, 5) is 25.7. The largest absolute Gasteiger partial charge is 0.328 e. The van der Waals surface area contributed by atoms with Crippen LogP contribution in [0.3, 0.4) is 0 Å². The van der Waals surface area contributed by atoms with Crippen LogP contribution < -0.4 is 5.73 Å². The standard InChI is InChI=1S/C18H25N3O4S.ClH/c1-13(19)14-7-10-20(11-8-14)26(24,25)12-4-9-21-17(22)15-5-2-3-6-16(15)18(21)23;/h2-3,5-6,13-14H,4,7-12,19H2,1H3;1H. The highest BCUT2D eigenvalue weighted by Crippen LogP contribution is 2.24. The monoisotopic (exact) mass is 415 g/mol. The van der Waals surface area contributed by atoms with E-state index in [4.69, 9.17) is 5.73 Å². The molecule has 2 N–H and O–H groups in total. The molecule has 9 heteroatoms. The van der Waals surface area contributed by atoms with Gasteiger partial charge in [0, 0.05) is 25.7 Å². The fourth-order valence-corrected chi connectivity index (χ4v) is 5.18. The maximum Gasteiger partial charge on any atom is 0.261 e. The summed E-state index contributed by atoms with van der Waals surface area (Å²) in [5.74, 6) is -0.398. The van der Waals surface area contributed by atoms with Crippen molar-refractivity contribution in [3.8, 4) is 0 Å². The topological polar surface area (TPSA) is 101 Å². The number of piperidine rings is 1. The number of halogens is 1. The van der Waals surface area contributed by atoms with Gasteiger partial charge in [-0.3, -0.25) is 14.5 Å². The molecule has 2 heterocycles. The molecule has 0 aliphatic carbocycles. The molecule has 1 aromatic rings. The summed E-state index contributed by atoms with van der Waals surface area (Å²) >= 11 is 0. The zero-order chi connectivity index (χ0) is 18.9. The van der Waals surface area contributed by atoms with Gasteiger partial charge in [0.2, 0.25) is 10.0 Å². The zero-order valence-electron chi connectivity index (χ0n) is 15.3.